The van der Waals surface area contributed by atoms with E-state index >= 15 is 0 Å². The molecule has 0 unspecified atom stereocenters. The lowest BCUT2D eigenvalue weighted by Crippen LogP contribution is -2.15. The number of benzene rings is 2. The van der Waals surface area contributed by atoms with Crippen molar-refractivity contribution in [3.8, 4) is 17.2 Å². The third kappa shape index (κ3) is 6.13. The van der Waals surface area contributed by atoms with Crippen LogP contribution in [0.25, 0.3) is 11.0 Å². The number of ether oxygens (including phenoxy) is 3. The van der Waals surface area contributed by atoms with E-state index in [9.17, 15) is 9.59 Å². The quantitative estimate of drug-likeness (QED) is 0.224. The highest BCUT2D eigenvalue weighted by atomic mass is 16.6. The summed E-state index contributed by atoms with van der Waals surface area (Å²) in [5.41, 5.74) is 2.22. The smallest absolute Gasteiger partial charge is 0.383 e. The standard InChI is InChI=1S/C27H28O6/c1-18(2)10-8-11-19(3)16-17-31-22-15-9-14-21-23(22)32-27(29)25(24(21)30-4)33-26(28)20-12-6-5-7-13-20/h5-7,9-10,12-16H,8,11,17H2,1-4H3/b19-16+. The highest BCUT2D eigenvalue weighted by Crippen LogP contribution is 2.36. The van der Waals surface area contributed by atoms with Crippen LogP contribution in [0.1, 0.15) is 44.0 Å². The second-order valence-electron chi connectivity index (χ2n) is 7.82. The summed E-state index contributed by atoms with van der Waals surface area (Å²) in [6.07, 6.45) is 6.13. The maximum atomic E-state index is 12.7. The first kappa shape index (κ1) is 23.9. The molecule has 0 fully saturated rings. The lowest BCUT2D eigenvalue weighted by molar-refractivity contribution is 0.0723. The van der Waals surface area contributed by atoms with Gasteiger partial charge in [0, 0.05) is 0 Å². The van der Waals surface area contributed by atoms with Crippen LogP contribution in [0.15, 0.2) is 81.0 Å². The fraction of sp³-hybridized carbons (Fsp3) is 0.259. The summed E-state index contributed by atoms with van der Waals surface area (Å²) in [6.45, 7) is 6.55. The van der Waals surface area contributed by atoms with Crippen molar-refractivity contribution >= 4 is 16.9 Å². The second kappa shape index (κ2) is 11.2. The van der Waals surface area contributed by atoms with Gasteiger partial charge in [-0.1, -0.05) is 41.5 Å². The van der Waals surface area contributed by atoms with Crippen LogP contribution in [0.3, 0.4) is 0 Å². The Labute approximate surface area is 193 Å². The second-order valence-corrected chi connectivity index (χ2v) is 7.82. The highest BCUT2D eigenvalue weighted by Gasteiger charge is 2.22. The predicted octanol–water partition coefficient (Wildman–Crippen LogP) is 6.09. The Morgan fingerprint density at radius 2 is 1.73 bits per heavy atom. The van der Waals surface area contributed by atoms with Crippen LogP contribution < -0.4 is 19.8 Å². The van der Waals surface area contributed by atoms with Gasteiger partial charge >= 0.3 is 11.6 Å². The summed E-state index contributed by atoms with van der Waals surface area (Å²) >= 11 is 0. The van der Waals surface area contributed by atoms with Gasteiger partial charge in [0.15, 0.2) is 17.1 Å². The Kier molecular flexibility index (Phi) is 8.08. The normalized spacial score (nSPS) is 11.2. The molecule has 0 aliphatic heterocycles. The zero-order valence-electron chi connectivity index (χ0n) is 19.3. The number of carbonyl (C=O) groups is 1. The maximum absolute atomic E-state index is 12.7. The Morgan fingerprint density at radius 3 is 2.42 bits per heavy atom. The molecular weight excluding hydrogens is 420 g/mol. The van der Waals surface area contributed by atoms with Gasteiger partial charge in [-0.3, -0.25) is 0 Å². The number of allylic oxidation sites excluding steroid dienone is 3. The number of esters is 1. The molecule has 0 saturated carbocycles. The van der Waals surface area contributed by atoms with Crippen molar-refractivity contribution < 1.29 is 23.4 Å². The maximum Gasteiger partial charge on any atom is 0.383 e. The van der Waals surface area contributed by atoms with E-state index in [2.05, 4.69) is 26.8 Å². The number of rotatable bonds is 9. The van der Waals surface area contributed by atoms with Gasteiger partial charge in [-0.05, 0) is 64.0 Å². The van der Waals surface area contributed by atoms with Crippen LogP contribution in [0, 0.1) is 0 Å². The van der Waals surface area contributed by atoms with Gasteiger partial charge in [-0.25, -0.2) is 9.59 Å². The van der Waals surface area contributed by atoms with Crippen molar-refractivity contribution in [1.29, 1.82) is 0 Å². The summed E-state index contributed by atoms with van der Waals surface area (Å²) in [6, 6.07) is 13.6. The molecule has 2 aromatic carbocycles. The van der Waals surface area contributed by atoms with Gasteiger partial charge in [-0.2, -0.15) is 0 Å². The zero-order chi connectivity index (χ0) is 23.8. The van der Waals surface area contributed by atoms with Crippen LogP contribution >= 0.6 is 0 Å². The molecule has 172 valence electrons. The first-order valence-corrected chi connectivity index (χ1v) is 10.7. The van der Waals surface area contributed by atoms with Crippen molar-refractivity contribution in [3.05, 3.63) is 87.8 Å². The number of fused-ring (bicyclic) bond motifs is 1. The molecule has 0 atom stereocenters. The van der Waals surface area contributed by atoms with Gasteiger partial charge in [0.2, 0.25) is 0 Å². The fourth-order valence-electron chi connectivity index (χ4n) is 3.25. The van der Waals surface area contributed by atoms with Crippen LogP contribution in [-0.4, -0.2) is 19.7 Å². The van der Waals surface area contributed by atoms with Gasteiger partial charge in [0.25, 0.3) is 5.75 Å². The van der Waals surface area contributed by atoms with Crippen molar-refractivity contribution in [1.82, 2.24) is 0 Å². The molecule has 6 nitrogen and oxygen atoms in total. The average Bonchev–Trinajstić information content (AvgIpc) is 2.80. The molecule has 6 heteroatoms. The molecule has 1 heterocycles. The topological polar surface area (TPSA) is 75.0 Å². The molecule has 0 spiro atoms. The van der Waals surface area contributed by atoms with Crippen molar-refractivity contribution in [3.63, 3.8) is 0 Å². The number of methoxy groups -OCH3 is 1. The summed E-state index contributed by atoms with van der Waals surface area (Å²) in [5.74, 6) is -0.464. The van der Waals surface area contributed by atoms with Crippen LogP contribution in [-0.2, 0) is 0 Å². The van der Waals surface area contributed by atoms with Crippen LogP contribution in [0.5, 0.6) is 17.2 Å². The molecule has 3 aromatic rings. The van der Waals surface area contributed by atoms with E-state index < -0.39 is 11.6 Å². The molecular formula is C27H28O6. The summed E-state index contributed by atoms with van der Waals surface area (Å²) in [7, 11) is 1.40. The lowest BCUT2D eigenvalue weighted by atomic mass is 10.1. The first-order valence-electron chi connectivity index (χ1n) is 10.7. The summed E-state index contributed by atoms with van der Waals surface area (Å²) in [4.78, 5) is 25.2. The molecule has 0 aliphatic rings. The van der Waals surface area contributed by atoms with Crippen LogP contribution in [0.4, 0.5) is 0 Å². The van der Waals surface area contributed by atoms with E-state index in [1.54, 1.807) is 48.5 Å². The minimum atomic E-state index is -0.826. The molecule has 0 bridgehead atoms. The molecule has 0 aliphatic carbocycles. The van der Waals surface area contributed by atoms with Gasteiger partial charge < -0.3 is 18.6 Å². The Balaban J connectivity index is 1.85. The summed E-state index contributed by atoms with van der Waals surface area (Å²) in [5, 5.41) is 0.467. The molecule has 1 aromatic heterocycles. The van der Waals surface area contributed by atoms with E-state index in [0.717, 1.165) is 12.8 Å². The SMILES string of the molecule is COc1c(OC(=O)c2ccccc2)c(=O)oc2c(OC/C=C(\C)CCC=C(C)C)cccc12. The number of carbonyl (C=O) groups excluding carboxylic acids is 1. The molecule has 3 rings (SSSR count). The van der Waals surface area contributed by atoms with E-state index in [4.69, 9.17) is 18.6 Å². The third-order valence-electron chi connectivity index (χ3n) is 4.98. The van der Waals surface area contributed by atoms with Crippen LogP contribution in [0.2, 0.25) is 0 Å². The molecule has 33 heavy (non-hydrogen) atoms. The minimum Gasteiger partial charge on any atom is -0.492 e. The fourth-order valence-corrected chi connectivity index (χ4v) is 3.25. The monoisotopic (exact) mass is 448 g/mol. The van der Waals surface area contributed by atoms with E-state index in [-0.39, 0.29) is 17.1 Å². The number of hydrogen-bond acceptors (Lipinski definition) is 6. The molecule has 0 amide bonds. The van der Waals surface area contributed by atoms with Crippen molar-refractivity contribution in [2.24, 2.45) is 0 Å². The van der Waals surface area contributed by atoms with Gasteiger partial charge in [0.1, 0.15) is 6.61 Å². The molecule has 0 saturated heterocycles. The predicted molar refractivity (Wildman–Crippen MR) is 128 cm³/mol. The van der Waals surface area contributed by atoms with Crippen molar-refractivity contribution in [2.45, 2.75) is 33.6 Å². The van der Waals surface area contributed by atoms with E-state index in [1.807, 2.05) is 6.08 Å². The van der Waals surface area contributed by atoms with E-state index in [0.29, 0.717) is 23.3 Å². The zero-order valence-corrected chi connectivity index (χ0v) is 19.3. The lowest BCUT2D eigenvalue weighted by Gasteiger charge is -2.12. The van der Waals surface area contributed by atoms with E-state index in [1.165, 1.54) is 18.3 Å². The first-order chi connectivity index (χ1) is 15.9. The largest absolute Gasteiger partial charge is 0.492 e. The van der Waals surface area contributed by atoms with Crippen molar-refractivity contribution in [2.75, 3.05) is 13.7 Å². The Hall–Kier alpha value is -3.80. The van der Waals surface area contributed by atoms with Gasteiger partial charge in [0.05, 0.1) is 18.1 Å². The molecule has 0 radical (unpaired) electrons. The average molecular weight is 449 g/mol. The van der Waals surface area contributed by atoms with Gasteiger partial charge in [-0.15, -0.1) is 0 Å². The number of hydrogen-bond donors (Lipinski definition) is 0. The highest BCUT2D eigenvalue weighted by molar-refractivity contribution is 5.94. The Bertz CT molecular complexity index is 1230. The third-order valence-corrected chi connectivity index (χ3v) is 4.98. The Morgan fingerprint density at radius 1 is 0.970 bits per heavy atom. The minimum absolute atomic E-state index is 0.115. The number of para-hydroxylation sites is 1. The molecule has 0 N–H and O–H groups in total. The summed E-state index contributed by atoms with van der Waals surface area (Å²) < 4.78 is 22.1.